The number of benzene rings is 2. The van der Waals surface area contributed by atoms with Crippen LogP contribution in [-0.2, 0) is 6.42 Å². The predicted octanol–water partition coefficient (Wildman–Crippen LogP) is 5.46. The maximum absolute atomic E-state index is 13.5. The molecule has 0 spiro atoms. The molecule has 3 heterocycles. The summed E-state index contributed by atoms with van der Waals surface area (Å²) >= 11 is 1.53. The molecule has 0 saturated carbocycles. The molecule has 0 fully saturated rings. The molecule has 5 aromatic rings. The van der Waals surface area contributed by atoms with Gasteiger partial charge in [0.1, 0.15) is 17.2 Å². The van der Waals surface area contributed by atoms with Crippen molar-refractivity contribution in [3.63, 3.8) is 0 Å². The van der Waals surface area contributed by atoms with Gasteiger partial charge in [-0.1, -0.05) is 0 Å². The van der Waals surface area contributed by atoms with Crippen molar-refractivity contribution in [2.45, 2.75) is 6.42 Å². The molecule has 5 rings (SSSR count). The zero-order valence-electron chi connectivity index (χ0n) is 18.2. The number of halogens is 2. The van der Waals surface area contributed by atoms with Gasteiger partial charge in [-0.2, -0.15) is 0 Å². The third-order valence-corrected chi connectivity index (χ3v) is 5.99. The van der Waals surface area contributed by atoms with Crippen LogP contribution < -0.4 is 10.6 Å². The normalized spacial score (nSPS) is 10.9. The van der Waals surface area contributed by atoms with E-state index in [9.17, 15) is 13.6 Å². The van der Waals surface area contributed by atoms with Crippen molar-refractivity contribution in [2.24, 2.45) is 0 Å². The Morgan fingerprint density at radius 1 is 0.886 bits per heavy atom. The molecule has 0 bridgehead atoms. The standard InChI is InChI=1S/C25H18F2N6OS/c26-17-5-1-15(2-6-17)22-23(16-3-7-18(27)8-4-16)33-24-21(32-22)11-19(12-30-24)31-25(34)29-10-9-20-13-28-14-35-20/h1-8,11-14H,9-10H2,(H2,29,31,34). The number of hydrogen-bond donors (Lipinski definition) is 2. The van der Waals surface area contributed by atoms with Crippen LogP contribution in [0.4, 0.5) is 19.3 Å². The van der Waals surface area contributed by atoms with Gasteiger partial charge in [-0.15, -0.1) is 11.3 Å². The summed E-state index contributed by atoms with van der Waals surface area (Å²) in [6.45, 7) is 0.463. The van der Waals surface area contributed by atoms with E-state index in [4.69, 9.17) is 4.98 Å². The lowest BCUT2D eigenvalue weighted by molar-refractivity contribution is 0.252. The number of hydrogen-bond acceptors (Lipinski definition) is 6. The average Bonchev–Trinajstić information content (AvgIpc) is 3.38. The largest absolute Gasteiger partial charge is 0.338 e. The first-order valence-corrected chi connectivity index (χ1v) is 11.5. The van der Waals surface area contributed by atoms with Crippen molar-refractivity contribution in [2.75, 3.05) is 11.9 Å². The van der Waals surface area contributed by atoms with Crippen LogP contribution in [0, 0.1) is 11.6 Å². The Labute approximate surface area is 202 Å². The highest BCUT2D eigenvalue weighted by Gasteiger charge is 2.15. The van der Waals surface area contributed by atoms with E-state index < -0.39 is 0 Å². The summed E-state index contributed by atoms with van der Waals surface area (Å²) in [5.74, 6) is -0.745. The van der Waals surface area contributed by atoms with Crippen molar-refractivity contribution in [1.29, 1.82) is 0 Å². The molecule has 0 aliphatic heterocycles. The fraction of sp³-hybridized carbons (Fsp3) is 0.0800. The second-order valence-corrected chi connectivity index (χ2v) is 8.57. The molecule has 0 radical (unpaired) electrons. The number of nitrogens with zero attached hydrogens (tertiary/aromatic N) is 4. The third-order valence-electron chi connectivity index (χ3n) is 5.16. The molecule has 7 nitrogen and oxygen atoms in total. The van der Waals surface area contributed by atoms with Crippen LogP contribution in [0.5, 0.6) is 0 Å². The molecular weight excluding hydrogens is 470 g/mol. The van der Waals surface area contributed by atoms with Crippen LogP contribution >= 0.6 is 11.3 Å². The van der Waals surface area contributed by atoms with Crippen LogP contribution in [0.1, 0.15) is 4.88 Å². The topological polar surface area (TPSA) is 92.7 Å². The number of aromatic nitrogens is 4. The van der Waals surface area contributed by atoms with E-state index in [0.29, 0.717) is 52.3 Å². The highest BCUT2D eigenvalue weighted by Crippen LogP contribution is 2.31. The van der Waals surface area contributed by atoms with E-state index in [2.05, 4.69) is 25.6 Å². The van der Waals surface area contributed by atoms with Gasteiger partial charge in [-0.25, -0.2) is 28.5 Å². The second kappa shape index (κ2) is 9.90. The summed E-state index contributed by atoms with van der Waals surface area (Å²) in [7, 11) is 0. The number of thiazole rings is 1. The van der Waals surface area contributed by atoms with E-state index in [1.807, 2.05) is 0 Å². The number of carbonyl (C=O) groups is 1. The van der Waals surface area contributed by atoms with Crippen molar-refractivity contribution < 1.29 is 13.6 Å². The van der Waals surface area contributed by atoms with E-state index in [-0.39, 0.29) is 17.7 Å². The summed E-state index contributed by atoms with van der Waals surface area (Å²) in [5.41, 5.74) is 5.24. The summed E-state index contributed by atoms with van der Waals surface area (Å²) in [5, 5.41) is 5.54. The smallest absolute Gasteiger partial charge is 0.319 e. The number of pyridine rings is 1. The van der Waals surface area contributed by atoms with Gasteiger partial charge in [0.2, 0.25) is 0 Å². The maximum atomic E-state index is 13.5. The quantitative estimate of drug-likeness (QED) is 0.331. The monoisotopic (exact) mass is 488 g/mol. The molecule has 2 aromatic carbocycles. The molecule has 2 amide bonds. The van der Waals surface area contributed by atoms with Crippen molar-refractivity contribution in [3.8, 4) is 22.5 Å². The lowest BCUT2D eigenvalue weighted by Crippen LogP contribution is -2.30. The molecule has 0 aliphatic rings. The molecule has 2 N–H and O–H groups in total. The minimum atomic E-state index is -0.375. The van der Waals surface area contributed by atoms with Crippen LogP contribution in [0.15, 0.2) is 72.5 Å². The lowest BCUT2D eigenvalue weighted by atomic mass is 10.0. The Hall–Kier alpha value is -4.31. The van der Waals surface area contributed by atoms with E-state index in [1.54, 1.807) is 42.0 Å². The summed E-state index contributed by atoms with van der Waals surface area (Å²) in [6, 6.07) is 13.0. The Kier molecular flexibility index (Phi) is 6.36. The van der Waals surface area contributed by atoms with Gasteiger partial charge in [0.05, 0.1) is 28.8 Å². The highest BCUT2D eigenvalue weighted by atomic mass is 32.1. The molecule has 10 heteroatoms. The number of amides is 2. The predicted molar refractivity (Wildman–Crippen MR) is 131 cm³/mol. The number of anilines is 1. The number of nitrogens with one attached hydrogen (secondary N) is 2. The Balaban J connectivity index is 1.44. The van der Waals surface area contributed by atoms with Crippen LogP contribution in [0.25, 0.3) is 33.7 Å². The first-order valence-electron chi connectivity index (χ1n) is 10.7. The van der Waals surface area contributed by atoms with Gasteiger partial charge in [0, 0.05) is 35.2 Å². The van der Waals surface area contributed by atoms with Crippen molar-refractivity contribution >= 4 is 34.2 Å². The van der Waals surface area contributed by atoms with Crippen molar-refractivity contribution in [1.82, 2.24) is 25.3 Å². The van der Waals surface area contributed by atoms with Gasteiger partial charge < -0.3 is 10.6 Å². The Morgan fingerprint density at radius 3 is 2.17 bits per heavy atom. The summed E-state index contributed by atoms with van der Waals surface area (Å²) < 4.78 is 27.0. The highest BCUT2D eigenvalue weighted by molar-refractivity contribution is 7.09. The number of rotatable bonds is 6. The number of urea groups is 1. The van der Waals surface area contributed by atoms with Crippen LogP contribution in [0.2, 0.25) is 0 Å². The second-order valence-electron chi connectivity index (χ2n) is 7.60. The molecule has 174 valence electrons. The van der Waals surface area contributed by atoms with Gasteiger partial charge in [-0.3, -0.25) is 4.98 Å². The molecule has 0 unspecified atom stereocenters. The van der Waals surface area contributed by atoms with Crippen molar-refractivity contribution in [3.05, 3.63) is 89.0 Å². The molecule has 0 aliphatic carbocycles. The fourth-order valence-electron chi connectivity index (χ4n) is 3.47. The van der Waals surface area contributed by atoms with E-state index >= 15 is 0 Å². The van der Waals surface area contributed by atoms with Gasteiger partial charge >= 0.3 is 6.03 Å². The van der Waals surface area contributed by atoms with Gasteiger partial charge in [0.15, 0.2) is 5.65 Å². The molecule has 0 atom stereocenters. The minimum Gasteiger partial charge on any atom is -0.338 e. The Bertz CT molecular complexity index is 1480. The van der Waals surface area contributed by atoms with Crippen LogP contribution in [0.3, 0.4) is 0 Å². The van der Waals surface area contributed by atoms with E-state index in [0.717, 1.165) is 4.88 Å². The summed E-state index contributed by atoms with van der Waals surface area (Å²) in [4.78, 5) is 31.1. The lowest BCUT2D eigenvalue weighted by Gasteiger charge is -2.12. The first-order chi connectivity index (χ1) is 17.0. The van der Waals surface area contributed by atoms with Crippen LogP contribution in [-0.4, -0.2) is 32.5 Å². The summed E-state index contributed by atoms with van der Waals surface area (Å²) in [6.07, 6.45) is 3.95. The number of fused-ring (bicyclic) bond motifs is 1. The zero-order valence-corrected chi connectivity index (χ0v) is 19.0. The van der Waals surface area contributed by atoms with Gasteiger partial charge in [-0.05, 0) is 54.6 Å². The fourth-order valence-corrected chi connectivity index (χ4v) is 4.07. The van der Waals surface area contributed by atoms with Gasteiger partial charge in [0.25, 0.3) is 0 Å². The molecule has 35 heavy (non-hydrogen) atoms. The number of carbonyl (C=O) groups excluding carboxylic acids is 1. The Morgan fingerprint density at radius 2 is 1.54 bits per heavy atom. The first kappa shape index (κ1) is 22.5. The SMILES string of the molecule is O=C(NCCc1cncs1)Nc1cnc2nc(-c3ccc(F)cc3)c(-c3ccc(F)cc3)nc2c1. The molecule has 0 saturated heterocycles. The third kappa shape index (κ3) is 5.28. The minimum absolute atomic E-state index is 0.353. The molecule has 3 aromatic heterocycles. The zero-order chi connectivity index (χ0) is 24.2. The van der Waals surface area contributed by atoms with E-state index in [1.165, 1.54) is 41.8 Å². The maximum Gasteiger partial charge on any atom is 0.319 e. The molecular formula is C25H18F2N6OS. The average molecular weight is 489 g/mol.